The van der Waals surface area contributed by atoms with Crippen molar-refractivity contribution in [3.05, 3.63) is 46.0 Å². The summed E-state index contributed by atoms with van der Waals surface area (Å²) in [4.78, 5) is 18.4. The predicted molar refractivity (Wildman–Crippen MR) is 74.5 cm³/mol. The highest BCUT2D eigenvalue weighted by Crippen LogP contribution is 2.32. The SMILES string of the molecule is COCc1nc(N2Cc3ccccc3C2)sc1C=O. The van der Waals surface area contributed by atoms with Gasteiger partial charge in [-0.3, -0.25) is 4.79 Å². The van der Waals surface area contributed by atoms with Gasteiger partial charge in [-0.1, -0.05) is 35.6 Å². The fourth-order valence-electron chi connectivity index (χ4n) is 2.29. The second-order valence-electron chi connectivity index (χ2n) is 4.48. The first-order valence-corrected chi connectivity index (χ1v) is 6.89. The average Bonchev–Trinajstić information content (AvgIpc) is 3.02. The second kappa shape index (κ2) is 5.11. The molecule has 2 aromatic rings. The molecule has 0 saturated heterocycles. The Morgan fingerprint density at radius 1 is 1.37 bits per heavy atom. The van der Waals surface area contributed by atoms with Gasteiger partial charge in [0.25, 0.3) is 0 Å². The van der Waals surface area contributed by atoms with Crippen molar-refractivity contribution in [3.8, 4) is 0 Å². The Morgan fingerprint density at radius 3 is 2.63 bits per heavy atom. The second-order valence-corrected chi connectivity index (χ2v) is 5.49. The quantitative estimate of drug-likeness (QED) is 0.804. The Labute approximate surface area is 115 Å². The molecule has 1 aromatic heterocycles. The molecule has 1 aliphatic heterocycles. The fourth-order valence-corrected chi connectivity index (χ4v) is 3.17. The molecule has 0 amide bonds. The first-order chi connectivity index (χ1) is 9.31. The molecule has 0 aliphatic carbocycles. The van der Waals surface area contributed by atoms with Crippen molar-refractivity contribution in [1.82, 2.24) is 4.98 Å². The molecule has 19 heavy (non-hydrogen) atoms. The lowest BCUT2D eigenvalue weighted by atomic mass is 10.1. The Kier molecular flexibility index (Phi) is 3.31. The van der Waals surface area contributed by atoms with Gasteiger partial charge in [0, 0.05) is 20.2 Å². The lowest BCUT2D eigenvalue weighted by Crippen LogP contribution is -2.14. The van der Waals surface area contributed by atoms with Crippen molar-refractivity contribution < 1.29 is 9.53 Å². The van der Waals surface area contributed by atoms with Crippen LogP contribution in [0.25, 0.3) is 0 Å². The van der Waals surface area contributed by atoms with Gasteiger partial charge in [-0.25, -0.2) is 4.98 Å². The van der Waals surface area contributed by atoms with Gasteiger partial charge in [0.2, 0.25) is 0 Å². The molecule has 5 heteroatoms. The summed E-state index contributed by atoms with van der Waals surface area (Å²) < 4.78 is 5.07. The van der Waals surface area contributed by atoms with Crippen molar-refractivity contribution in [3.63, 3.8) is 0 Å². The number of aldehydes is 1. The topological polar surface area (TPSA) is 42.4 Å². The van der Waals surface area contributed by atoms with Crippen molar-refractivity contribution in [1.29, 1.82) is 0 Å². The lowest BCUT2D eigenvalue weighted by Gasteiger charge is -2.12. The van der Waals surface area contributed by atoms with Gasteiger partial charge < -0.3 is 9.64 Å². The standard InChI is InChI=1S/C14H14N2O2S/c1-18-9-12-13(8-17)19-14(15-12)16-6-10-4-2-3-5-11(10)7-16/h2-5,8H,6-7,9H2,1H3. The Hall–Kier alpha value is -1.72. The van der Waals surface area contributed by atoms with Gasteiger partial charge >= 0.3 is 0 Å². The molecule has 2 heterocycles. The smallest absolute Gasteiger partial charge is 0.186 e. The molecule has 0 spiro atoms. The van der Waals surface area contributed by atoms with Gasteiger partial charge in [-0.2, -0.15) is 0 Å². The van der Waals surface area contributed by atoms with E-state index in [1.807, 2.05) is 0 Å². The Balaban J connectivity index is 1.87. The van der Waals surface area contributed by atoms with E-state index in [1.165, 1.54) is 22.5 Å². The molecule has 0 bridgehead atoms. The summed E-state index contributed by atoms with van der Waals surface area (Å²) in [5.74, 6) is 0. The van der Waals surface area contributed by atoms with Crippen LogP contribution in [-0.2, 0) is 24.4 Å². The number of anilines is 1. The molecule has 0 N–H and O–H groups in total. The van der Waals surface area contributed by atoms with E-state index in [4.69, 9.17) is 4.74 Å². The van der Waals surface area contributed by atoms with Crippen molar-refractivity contribution in [2.24, 2.45) is 0 Å². The number of carbonyl (C=O) groups is 1. The van der Waals surface area contributed by atoms with E-state index in [0.717, 1.165) is 30.2 Å². The largest absolute Gasteiger partial charge is 0.378 e. The number of fused-ring (bicyclic) bond motifs is 1. The fraction of sp³-hybridized carbons (Fsp3) is 0.286. The number of thiazole rings is 1. The maximum Gasteiger partial charge on any atom is 0.186 e. The maximum atomic E-state index is 11.0. The van der Waals surface area contributed by atoms with Crippen LogP contribution in [0, 0.1) is 0 Å². The molecule has 0 saturated carbocycles. The molecule has 4 nitrogen and oxygen atoms in total. The van der Waals surface area contributed by atoms with Crippen LogP contribution in [0.1, 0.15) is 26.5 Å². The predicted octanol–water partition coefficient (Wildman–Crippen LogP) is 2.62. The molecule has 1 aliphatic rings. The zero-order valence-electron chi connectivity index (χ0n) is 10.6. The van der Waals surface area contributed by atoms with Crippen LogP contribution in [0.4, 0.5) is 5.13 Å². The summed E-state index contributed by atoms with van der Waals surface area (Å²) >= 11 is 1.43. The number of nitrogens with zero attached hydrogens (tertiary/aromatic N) is 2. The van der Waals surface area contributed by atoms with E-state index in [2.05, 4.69) is 34.1 Å². The van der Waals surface area contributed by atoms with E-state index >= 15 is 0 Å². The van der Waals surface area contributed by atoms with Gasteiger partial charge in [0.1, 0.15) is 0 Å². The van der Waals surface area contributed by atoms with E-state index in [9.17, 15) is 4.79 Å². The first kappa shape index (κ1) is 12.3. The summed E-state index contributed by atoms with van der Waals surface area (Å²) in [5, 5.41) is 0.894. The highest BCUT2D eigenvalue weighted by atomic mass is 32.1. The van der Waals surface area contributed by atoms with E-state index in [1.54, 1.807) is 7.11 Å². The number of benzene rings is 1. The first-order valence-electron chi connectivity index (χ1n) is 6.07. The number of rotatable bonds is 4. The highest BCUT2D eigenvalue weighted by molar-refractivity contribution is 7.17. The summed E-state index contributed by atoms with van der Waals surface area (Å²) in [6.07, 6.45) is 0.860. The van der Waals surface area contributed by atoms with Crippen LogP contribution < -0.4 is 4.90 Å². The third kappa shape index (κ3) is 2.27. The molecular weight excluding hydrogens is 260 g/mol. The lowest BCUT2D eigenvalue weighted by molar-refractivity contribution is 0.112. The molecule has 0 atom stereocenters. The van der Waals surface area contributed by atoms with E-state index < -0.39 is 0 Å². The maximum absolute atomic E-state index is 11.0. The van der Waals surface area contributed by atoms with Crippen LogP contribution in [0.5, 0.6) is 0 Å². The van der Waals surface area contributed by atoms with Crippen molar-refractivity contribution in [2.45, 2.75) is 19.7 Å². The monoisotopic (exact) mass is 274 g/mol. The van der Waals surface area contributed by atoms with Crippen LogP contribution in [0.2, 0.25) is 0 Å². The molecule has 98 valence electrons. The average molecular weight is 274 g/mol. The molecule has 0 radical (unpaired) electrons. The normalized spacial score (nSPS) is 13.6. The van der Waals surface area contributed by atoms with Crippen LogP contribution in [0.3, 0.4) is 0 Å². The van der Waals surface area contributed by atoms with Gasteiger partial charge in [0.05, 0.1) is 17.2 Å². The summed E-state index contributed by atoms with van der Waals surface area (Å²) in [6, 6.07) is 8.38. The van der Waals surface area contributed by atoms with Crippen LogP contribution >= 0.6 is 11.3 Å². The molecule has 1 aromatic carbocycles. The Morgan fingerprint density at radius 2 is 2.05 bits per heavy atom. The number of carbonyl (C=O) groups excluding carboxylic acids is 1. The molecule has 0 unspecified atom stereocenters. The number of ether oxygens (including phenoxy) is 1. The molecule has 3 rings (SSSR count). The number of methoxy groups -OCH3 is 1. The van der Waals surface area contributed by atoms with Crippen molar-refractivity contribution in [2.75, 3.05) is 12.0 Å². The van der Waals surface area contributed by atoms with E-state index in [0.29, 0.717) is 11.5 Å². The molecular formula is C14H14N2O2S. The van der Waals surface area contributed by atoms with Gasteiger partial charge in [-0.05, 0) is 11.1 Å². The summed E-state index contributed by atoms with van der Waals surface area (Å²) in [5.41, 5.74) is 3.39. The number of aromatic nitrogens is 1. The minimum atomic E-state index is 0.380. The minimum Gasteiger partial charge on any atom is -0.378 e. The number of hydrogen-bond donors (Lipinski definition) is 0. The number of hydrogen-bond acceptors (Lipinski definition) is 5. The third-order valence-corrected chi connectivity index (χ3v) is 4.30. The van der Waals surface area contributed by atoms with Gasteiger partial charge in [-0.15, -0.1) is 0 Å². The van der Waals surface area contributed by atoms with Crippen LogP contribution in [-0.4, -0.2) is 18.4 Å². The van der Waals surface area contributed by atoms with Crippen LogP contribution in [0.15, 0.2) is 24.3 Å². The third-order valence-electron chi connectivity index (χ3n) is 3.22. The highest BCUT2D eigenvalue weighted by Gasteiger charge is 2.22. The Bertz CT molecular complexity index is 584. The summed E-state index contributed by atoms with van der Waals surface area (Å²) in [7, 11) is 1.61. The molecule has 0 fully saturated rings. The van der Waals surface area contributed by atoms with Gasteiger partial charge in [0.15, 0.2) is 11.4 Å². The van der Waals surface area contributed by atoms with E-state index in [-0.39, 0.29) is 0 Å². The zero-order valence-corrected chi connectivity index (χ0v) is 11.4. The summed E-state index contributed by atoms with van der Waals surface area (Å²) in [6.45, 7) is 2.09. The zero-order chi connectivity index (χ0) is 13.2. The minimum absolute atomic E-state index is 0.380. The van der Waals surface area contributed by atoms with Crippen molar-refractivity contribution >= 4 is 22.8 Å².